The van der Waals surface area contributed by atoms with E-state index < -0.39 is 5.41 Å². The number of hydrogen-bond acceptors (Lipinski definition) is 1. The van der Waals surface area contributed by atoms with Crippen LogP contribution in [0.15, 0.2) is 242 Å². The molecule has 64 heavy (non-hydrogen) atoms. The molecule has 0 radical (unpaired) electrons. The summed E-state index contributed by atoms with van der Waals surface area (Å²) in [5.74, 6) is 0. The van der Waals surface area contributed by atoms with Crippen molar-refractivity contribution in [2.75, 3.05) is 4.90 Å². The Morgan fingerprint density at radius 2 is 1.02 bits per heavy atom. The number of anilines is 2. The Balaban J connectivity index is 1.02. The van der Waals surface area contributed by atoms with E-state index in [2.05, 4.69) is 253 Å². The van der Waals surface area contributed by atoms with Crippen LogP contribution in [0.1, 0.15) is 42.0 Å². The van der Waals surface area contributed by atoms with Gasteiger partial charge in [-0.3, -0.25) is 0 Å². The molecule has 0 aliphatic heterocycles. The summed E-state index contributed by atoms with van der Waals surface area (Å²) in [7, 11) is 0. The summed E-state index contributed by atoms with van der Waals surface area (Å²) in [6.07, 6.45) is 6.59. The van der Waals surface area contributed by atoms with Gasteiger partial charge in [-0.1, -0.05) is 176 Å². The standard InChI is InChI=1S/C62H46N2/c1-62(48-22-10-4-11-23-48)57-41-47(46-33-39-61-56(40-46)55-27-15-17-29-60(55)64(61)49-24-12-5-13-25-49)32-37-53(57)54-38-36-51(42-58(54)62)63(50-34-30-44(31-35-50)43-18-6-2-7-19-43)59-28-16-14-26-52(59)45-20-8-3-9-21-45/h2-30,32-34,36-42H,31,35H2,1H3. The topological polar surface area (TPSA) is 8.17 Å². The average molecular weight is 819 g/mol. The van der Waals surface area contributed by atoms with Gasteiger partial charge in [0.05, 0.1) is 16.7 Å². The van der Waals surface area contributed by atoms with E-state index in [9.17, 15) is 0 Å². The van der Waals surface area contributed by atoms with Crippen molar-refractivity contribution in [1.82, 2.24) is 4.57 Å². The lowest BCUT2D eigenvalue weighted by Crippen LogP contribution is -2.24. The fourth-order valence-electron chi connectivity index (χ4n) is 10.6. The van der Waals surface area contributed by atoms with Crippen LogP contribution in [-0.4, -0.2) is 4.57 Å². The Morgan fingerprint density at radius 3 is 1.77 bits per heavy atom. The molecule has 0 amide bonds. The van der Waals surface area contributed by atoms with Gasteiger partial charge in [-0.2, -0.15) is 0 Å². The number of rotatable bonds is 8. The van der Waals surface area contributed by atoms with Crippen molar-refractivity contribution >= 4 is 38.8 Å². The summed E-state index contributed by atoms with van der Waals surface area (Å²) in [4.78, 5) is 2.53. The molecule has 0 bridgehead atoms. The lowest BCUT2D eigenvalue weighted by atomic mass is 9.73. The summed E-state index contributed by atoms with van der Waals surface area (Å²) in [5, 5.41) is 2.52. The van der Waals surface area contributed by atoms with Crippen molar-refractivity contribution in [1.29, 1.82) is 0 Å². The predicted molar refractivity (Wildman–Crippen MR) is 269 cm³/mol. The van der Waals surface area contributed by atoms with E-state index in [4.69, 9.17) is 0 Å². The van der Waals surface area contributed by atoms with Gasteiger partial charge in [0.1, 0.15) is 0 Å². The lowest BCUT2D eigenvalue weighted by Gasteiger charge is -2.33. The third-order valence-corrected chi connectivity index (χ3v) is 13.8. The van der Waals surface area contributed by atoms with Crippen molar-refractivity contribution in [2.45, 2.75) is 25.2 Å². The number of benzene rings is 9. The molecule has 2 nitrogen and oxygen atoms in total. The second kappa shape index (κ2) is 15.4. The first-order valence-electron chi connectivity index (χ1n) is 22.5. The highest BCUT2D eigenvalue weighted by atomic mass is 15.2. The second-order valence-corrected chi connectivity index (χ2v) is 17.3. The zero-order chi connectivity index (χ0) is 42.6. The molecule has 9 aromatic carbocycles. The Kier molecular flexibility index (Phi) is 9.12. The number of hydrogen-bond donors (Lipinski definition) is 0. The summed E-state index contributed by atoms with van der Waals surface area (Å²) in [6.45, 7) is 2.44. The molecule has 0 spiro atoms. The van der Waals surface area contributed by atoms with E-state index in [1.807, 2.05) is 0 Å². The van der Waals surface area contributed by atoms with E-state index >= 15 is 0 Å². The van der Waals surface area contributed by atoms with E-state index in [1.54, 1.807) is 0 Å². The molecule has 0 saturated heterocycles. The van der Waals surface area contributed by atoms with Gasteiger partial charge in [0.25, 0.3) is 0 Å². The number of nitrogens with zero attached hydrogens (tertiary/aromatic N) is 2. The smallest absolute Gasteiger partial charge is 0.0541 e. The zero-order valence-electron chi connectivity index (χ0n) is 35.8. The SMILES string of the molecule is CC1(c2ccccc2)c2cc(-c3ccc4c(c3)c3ccccc3n4-c3ccccc3)ccc2-c2ccc(N(C3=CC=C(c4ccccc4)CC3)c3ccccc3-c3ccccc3)cc21. The van der Waals surface area contributed by atoms with Crippen LogP contribution < -0.4 is 4.90 Å². The van der Waals surface area contributed by atoms with Gasteiger partial charge in [-0.25, -0.2) is 0 Å². The summed E-state index contributed by atoms with van der Waals surface area (Å²) < 4.78 is 2.39. The van der Waals surface area contributed by atoms with Crippen LogP contribution in [0.2, 0.25) is 0 Å². The molecular formula is C62H46N2. The molecule has 2 heteroatoms. The third kappa shape index (κ3) is 6.17. The minimum absolute atomic E-state index is 0.405. The molecule has 1 atom stereocenters. The molecule has 2 aliphatic carbocycles. The number of aromatic nitrogens is 1. The van der Waals surface area contributed by atoms with Gasteiger partial charge in [0, 0.05) is 38.8 Å². The maximum Gasteiger partial charge on any atom is 0.0541 e. The molecule has 0 saturated carbocycles. The van der Waals surface area contributed by atoms with Gasteiger partial charge >= 0.3 is 0 Å². The van der Waals surface area contributed by atoms with Crippen LogP contribution in [0.3, 0.4) is 0 Å². The van der Waals surface area contributed by atoms with Gasteiger partial charge in [-0.05, 0) is 136 Å². The Morgan fingerprint density at radius 1 is 0.422 bits per heavy atom. The van der Waals surface area contributed by atoms with E-state index in [1.165, 1.54) is 106 Å². The zero-order valence-corrected chi connectivity index (χ0v) is 35.8. The first kappa shape index (κ1) is 37.8. The highest BCUT2D eigenvalue weighted by molar-refractivity contribution is 6.10. The van der Waals surface area contributed by atoms with Gasteiger partial charge in [0.2, 0.25) is 0 Å². The number of allylic oxidation sites excluding steroid dienone is 4. The monoisotopic (exact) mass is 818 g/mol. The maximum atomic E-state index is 2.53. The summed E-state index contributed by atoms with van der Waals surface area (Å²) >= 11 is 0. The molecule has 1 heterocycles. The molecule has 1 aromatic heterocycles. The van der Waals surface area contributed by atoms with Crippen LogP contribution in [0.4, 0.5) is 11.4 Å². The predicted octanol–water partition coefficient (Wildman–Crippen LogP) is 16.4. The van der Waals surface area contributed by atoms with Gasteiger partial charge in [-0.15, -0.1) is 0 Å². The van der Waals surface area contributed by atoms with Crippen molar-refractivity contribution < 1.29 is 0 Å². The van der Waals surface area contributed by atoms with Crippen LogP contribution in [0, 0.1) is 0 Å². The van der Waals surface area contributed by atoms with Gasteiger partial charge in [0.15, 0.2) is 0 Å². The quantitative estimate of drug-likeness (QED) is 0.148. The highest BCUT2D eigenvalue weighted by Crippen LogP contribution is 2.55. The Labute approximate surface area is 375 Å². The van der Waals surface area contributed by atoms with Crippen molar-refractivity contribution in [3.8, 4) is 39.1 Å². The van der Waals surface area contributed by atoms with Crippen LogP contribution in [0.5, 0.6) is 0 Å². The molecule has 2 aliphatic rings. The normalized spacial score (nSPS) is 15.4. The lowest BCUT2D eigenvalue weighted by molar-refractivity contribution is 0.714. The minimum Gasteiger partial charge on any atom is -0.314 e. The minimum atomic E-state index is -0.405. The maximum absolute atomic E-state index is 2.53. The van der Waals surface area contributed by atoms with E-state index in [0.29, 0.717) is 0 Å². The Hall–Kier alpha value is -7.94. The number of fused-ring (bicyclic) bond motifs is 6. The van der Waals surface area contributed by atoms with Crippen LogP contribution in [0.25, 0.3) is 66.4 Å². The molecule has 12 rings (SSSR count). The fourth-order valence-corrected chi connectivity index (χ4v) is 10.6. The van der Waals surface area contributed by atoms with E-state index in [-0.39, 0.29) is 0 Å². The molecule has 10 aromatic rings. The molecule has 1 unspecified atom stereocenters. The van der Waals surface area contributed by atoms with Crippen LogP contribution >= 0.6 is 0 Å². The van der Waals surface area contributed by atoms with Crippen LogP contribution in [-0.2, 0) is 5.41 Å². The molecular weight excluding hydrogens is 773 g/mol. The average Bonchev–Trinajstić information content (AvgIpc) is 3.84. The first-order chi connectivity index (χ1) is 31.6. The van der Waals surface area contributed by atoms with Crippen molar-refractivity contribution in [3.63, 3.8) is 0 Å². The second-order valence-electron chi connectivity index (χ2n) is 17.3. The molecule has 0 N–H and O–H groups in total. The molecule has 304 valence electrons. The number of para-hydroxylation sites is 3. The fraction of sp³-hybridized carbons (Fsp3) is 0.0645. The summed E-state index contributed by atoms with van der Waals surface area (Å²) in [5.41, 5.74) is 20.9. The van der Waals surface area contributed by atoms with Crippen molar-refractivity contribution in [2.24, 2.45) is 0 Å². The highest BCUT2D eigenvalue weighted by Gasteiger charge is 2.41. The molecule has 0 fully saturated rings. The summed E-state index contributed by atoms with van der Waals surface area (Å²) in [6, 6.07) is 82.6. The van der Waals surface area contributed by atoms with E-state index in [0.717, 1.165) is 12.8 Å². The largest absolute Gasteiger partial charge is 0.314 e. The Bertz CT molecular complexity index is 3430. The van der Waals surface area contributed by atoms with Gasteiger partial charge < -0.3 is 9.47 Å². The third-order valence-electron chi connectivity index (χ3n) is 13.8. The first-order valence-corrected chi connectivity index (χ1v) is 22.5. The van der Waals surface area contributed by atoms with Crippen molar-refractivity contribution in [3.05, 3.63) is 265 Å².